The van der Waals surface area contributed by atoms with E-state index in [-0.39, 0.29) is 11.4 Å². The van der Waals surface area contributed by atoms with Crippen LogP contribution in [-0.4, -0.2) is 26.4 Å². The number of ether oxygens (including phenoxy) is 1. The first-order valence-corrected chi connectivity index (χ1v) is 10.1. The third-order valence-corrected chi connectivity index (χ3v) is 6.19. The van der Waals surface area contributed by atoms with E-state index in [0.717, 1.165) is 29.1 Å². The van der Waals surface area contributed by atoms with Gasteiger partial charge in [-0.3, -0.25) is 0 Å². The molecule has 6 nitrogen and oxygen atoms in total. The fourth-order valence-corrected chi connectivity index (χ4v) is 4.28. The fraction of sp³-hybridized carbons (Fsp3) is 0.176. The summed E-state index contributed by atoms with van der Waals surface area (Å²) in [5.74, 6) is 0.0979. The number of sulfonamides is 1. The molecule has 0 fully saturated rings. The van der Waals surface area contributed by atoms with Gasteiger partial charge < -0.3 is 14.3 Å². The van der Waals surface area contributed by atoms with Crippen molar-refractivity contribution in [3.05, 3.63) is 59.7 Å². The van der Waals surface area contributed by atoms with E-state index in [9.17, 15) is 26.7 Å². The molecule has 0 spiro atoms. The Labute approximate surface area is 162 Å². The highest BCUT2D eigenvalue weighted by Gasteiger charge is 2.31. The highest BCUT2D eigenvalue weighted by atomic mass is 32.2. The Kier molecular flexibility index (Phi) is 5.79. The van der Waals surface area contributed by atoms with E-state index in [2.05, 4.69) is 9.46 Å². The van der Waals surface area contributed by atoms with Crippen molar-refractivity contribution in [1.29, 1.82) is 0 Å². The number of nitrogens with one attached hydrogen (secondary N) is 1. The summed E-state index contributed by atoms with van der Waals surface area (Å²) in [5, 5.41) is 10.2. The predicted molar refractivity (Wildman–Crippen MR) is 95.3 cm³/mol. The minimum absolute atomic E-state index is 0.253. The number of benzene rings is 1. The summed E-state index contributed by atoms with van der Waals surface area (Å²) >= 11 is 1.25. The summed E-state index contributed by atoms with van der Waals surface area (Å²) in [6.45, 7) is -0.304. The van der Waals surface area contributed by atoms with E-state index in [0.29, 0.717) is 10.6 Å². The Morgan fingerprint density at radius 1 is 1.14 bits per heavy atom. The Bertz CT molecular complexity index is 1010. The van der Waals surface area contributed by atoms with Gasteiger partial charge >= 0.3 is 6.36 Å². The lowest BCUT2D eigenvalue weighted by Gasteiger charge is -2.12. The second-order valence-corrected chi connectivity index (χ2v) is 8.45. The van der Waals surface area contributed by atoms with E-state index in [4.69, 9.17) is 4.42 Å². The van der Waals surface area contributed by atoms with E-state index in [1.54, 1.807) is 24.3 Å². The zero-order valence-electron chi connectivity index (χ0n) is 14.0. The smallest absolute Gasteiger partial charge is 0.464 e. The van der Waals surface area contributed by atoms with Crippen molar-refractivity contribution in [3.63, 3.8) is 0 Å². The summed E-state index contributed by atoms with van der Waals surface area (Å²) in [4.78, 5) is 1.06. The van der Waals surface area contributed by atoms with Crippen molar-refractivity contribution < 1.29 is 35.8 Å². The number of alkyl halides is 3. The molecular formula is C17H14F3NO5S2. The van der Waals surface area contributed by atoms with Crippen molar-refractivity contribution in [2.24, 2.45) is 0 Å². The molecule has 0 aliphatic heterocycles. The van der Waals surface area contributed by atoms with Crippen LogP contribution in [0.2, 0.25) is 0 Å². The Balaban J connectivity index is 1.63. The van der Waals surface area contributed by atoms with Crippen molar-refractivity contribution in [1.82, 2.24) is 4.72 Å². The van der Waals surface area contributed by atoms with Gasteiger partial charge in [-0.15, -0.1) is 24.5 Å². The van der Waals surface area contributed by atoms with Crippen LogP contribution in [0.4, 0.5) is 13.2 Å². The molecule has 3 rings (SSSR count). The van der Waals surface area contributed by atoms with Gasteiger partial charge in [0.2, 0.25) is 10.0 Å². The zero-order chi connectivity index (χ0) is 20.4. The van der Waals surface area contributed by atoms with Crippen LogP contribution in [0, 0.1) is 0 Å². The van der Waals surface area contributed by atoms with Crippen molar-refractivity contribution in [2.75, 3.05) is 6.54 Å². The highest BCUT2D eigenvalue weighted by Crippen LogP contribution is 2.31. The van der Waals surface area contributed by atoms with Crippen molar-refractivity contribution in [3.8, 4) is 16.4 Å². The van der Waals surface area contributed by atoms with Gasteiger partial charge in [0.1, 0.15) is 17.6 Å². The Morgan fingerprint density at radius 2 is 1.86 bits per heavy atom. The first-order valence-electron chi connectivity index (χ1n) is 7.81. The monoisotopic (exact) mass is 433 g/mol. The molecule has 28 heavy (non-hydrogen) atoms. The average molecular weight is 433 g/mol. The molecule has 0 saturated carbocycles. The van der Waals surface area contributed by atoms with Gasteiger partial charge in [0, 0.05) is 11.4 Å². The second-order valence-electron chi connectivity index (χ2n) is 5.57. The maximum Gasteiger partial charge on any atom is 0.573 e. The molecule has 2 N–H and O–H groups in total. The second kappa shape index (κ2) is 7.95. The topological polar surface area (TPSA) is 88.8 Å². The number of halogens is 3. The van der Waals surface area contributed by atoms with Gasteiger partial charge in [0.25, 0.3) is 0 Å². The molecule has 0 aliphatic rings. The summed E-state index contributed by atoms with van der Waals surface area (Å²) in [7, 11) is -4.02. The van der Waals surface area contributed by atoms with Crippen LogP contribution in [0.3, 0.4) is 0 Å². The van der Waals surface area contributed by atoms with Crippen molar-refractivity contribution >= 4 is 21.4 Å². The van der Waals surface area contributed by atoms with Gasteiger partial charge in [0.05, 0.1) is 16.0 Å². The summed E-state index contributed by atoms with van der Waals surface area (Å²) < 4.78 is 72.2. The number of aliphatic hydroxyl groups excluding tert-OH is 1. The van der Waals surface area contributed by atoms with Crippen molar-refractivity contribution in [2.45, 2.75) is 17.4 Å². The average Bonchev–Trinajstić information content (AvgIpc) is 3.30. The number of aliphatic hydroxyl groups is 1. The van der Waals surface area contributed by atoms with Gasteiger partial charge in [-0.1, -0.05) is 0 Å². The van der Waals surface area contributed by atoms with Crippen LogP contribution in [0.15, 0.2) is 64.1 Å². The van der Waals surface area contributed by atoms with Crippen LogP contribution >= 0.6 is 11.3 Å². The molecule has 1 aromatic carbocycles. The van der Waals surface area contributed by atoms with Crippen LogP contribution in [0.1, 0.15) is 11.0 Å². The minimum Gasteiger partial charge on any atom is -0.464 e. The highest BCUT2D eigenvalue weighted by molar-refractivity contribution is 7.89. The molecule has 2 aromatic heterocycles. The van der Waals surface area contributed by atoms with Gasteiger partial charge in [-0.25, -0.2) is 13.1 Å². The van der Waals surface area contributed by atoms with Crippen LogP contribution < -0.4 is 9.46 Å². The maximum absolute atomic E-state index is 12.3. The summed E-state index contributed by atoms with van der Waals surface area (Å²) in [5.41, 5.74) is 0. The van der Waals surface area contributed by atoms with Gasteiger partial charge in [-0.05, 0) is 48.5 Å². The number of thiophene rings is 1. The number of hydrogen-bond donors (Lipinski definition) is 2. The molecule has 0 radical (unpaired) electrons. The lowest BCUT2D eigenvalue weighted by molar-refractivity contribution is -0.274. The third-order valence-electron chi connectivity index (χ3n) is 3.55. The van der Waals surface area contributed by atoms with E-state index < -0.39 is 28.2 Å². The molecule has 150 valence electrons. The van der Waals surface area contributed by atoms with Crippen LogP contribution in [0.25, 0.3) is 10.6 Å². The first kappa shape index (κ1) is 20.4. The minimum atomic E-state index is -4.86. The van der Waals surface area contributed by atoms with Gasteiger partial charge in [0.15, 0.2) is 0 Å². The SMILES string of the molecule is O=S(=O)(NCC(O)c1ccc(-c2ccco2)s1)c1ccc(OC(F)(F)F)cc1. The van der Waals surface area contributed by atoms with E-state index >= 15 is 0 Å². The molecular weight excluding hydrogens is 419 g/mol. The molecule has 1 unspecified atom stereocenters. The quantitative estimate of drug-likeness (QED) is 0.590. The lowest BCUT2D eigenvalue weighted by Crippen LogP contribution is -2.28. The predicted octanol–water partition coefficient (Wildman–Crippen LogP) is 3.92. The standard InChI is InChI=1S/C17H14F3NO5S2/c18-17(19,20)26-11-3-5-12(6-4-11)28(23,24)21-10-13(22)15-7-8-16(27-15)14-2-1-9-25-14/h1-9,13,21-22H,10H2. The number of furan rings is 1. The largest absolute Gasteiger partial charge is 0.573 e. The Hall–Kier alpha value is -2.34. The first-order chi connectivity index (χ1) is 13.1. The van der Waals surface area contributed by atoms with Crippen LogP contribution in [0.5, 0.6) is 5.75 Å². The molecule has 2 heterocycles. The molecule has 3 aromatic rings. The normalized spacial score (nSPS) is 13.4. The zero-order valence-corrected chi connectivity index (χ0v) is 15.6. The molecule has 0 bridgehead atoms. The van der Waals surface area contributed by atoms with Gasteiger partial charge in [-0.2, -0.15) is 0 Å². The van der Waals surface area contributed by atoms with E-state index in [1.165, 1.54) is 17.6 Å². The van der Waals surface area contributed by atoms with E-state index in [1.807, 2.05) is 0 Å². The molecule has 0 amide bonds. The molecule has 11 heteroatoms. The molecule has 0 saturated heterocycles. The fourth-order valence-electron chi connectivity index (χ4n) is 2.28. The summed E-state index contributed by atoms with van der Waals surface area (Å²) in [6, 6.07) is 10.6. The number of hydrogen-bond acceptors (Lipinski definition) is 6. The lowest BCUT2D eigenvalue weighted by atomic mass is 10.3. The molecule has 0 aliphatic carbocycles. The number of rotatable bonds is 7. The maximum atomic E-state index is 12.3. The summed E-state index contributed by atoms with van der Waals surface area (Å²) in [6.07, 6.45) is -4.45. The van der Waals surface area contributed by atoms with Crippen LogP contribution in [-0.2, 0) is 10.0 Å². The third kappa shape index (κ3) is 5.13. The molecule has 1 atom stereocenters. The Morgan fingerprint density at radius 3 is 2.46 bits per heavy atom.